The SMILES string of the molecule is CC1(C)[CH]CCC(N2CCCC(C)(C)C2)C1. The summed E-state index contributed by atoms with van der Waals surface area (Å²) in [5, 5.41) is 0. The molecule has 0 spiro atoms. The molecule has 1 atom stereocenters. The Hall–Kier alpha value is -0.0400. The quantitative estimate of drug-likeness (QED) is 0.650. The average Bonchev–Trinajstić information content (AvgIpc) is 2.14. The molecular formula is C15H28N. The maximum Gasteiger partial charge on any atom is 0.0101 e. The van der Waals surface area contributed by atoms with E-state index in [1.54, 1.807) is 0 Å². The Morgan fingerprint density at radius 2 is 1.94 bits per heavy atom. The molecule has 1 unspecified atom stereocenters. The fraction of sp³-hybridized carbons (Fsp3) is 0.933. The van der Waals surface area contributed by atoms with Crippen molar-refractivity contribution in [3.8, 4) is 0 Å². The zero-order chi connectivity index (χ0) is 11.8. The van der Waals surface area contributed by atoms with Gasteiger partial charge in [-0.2, -0.15) is 0 Å². The van der Waals surface area contributed by atoms with E-state index in [4.69, 9.17) is 0 Å². The van der Waals surface area contributed by atoms with E-state index < -0.39 is 0 Å². The van der Waals surface area contributed by atoms with Crippen molar-refractivity contribution < 1.29 is 0 Å². The second kappa shape index (κ2) is 4.33. The van der Waals surface area contributed by atoms with E-state index in [0.717, 1.165) is 6.04 Å². The zero-order valence-corrected chi connectivity index (χ0v) is 11.6. The molecule has 1 aliphatic heterocycles. The van der Waals surface area contributed by atoms with Gasteiger partial charge in [-0.25, -0.2) is 0 Å². The Balaban J connectivity index is 1.96. The fourth-order valence-corrected chi connectivity index (χ4v) is 3.55. The minimum atomic E-state index is 0.463. The minimum Gasteiger partial charge on any atom is -0.300 e. The molecule has 0 aromatic heterocycles. The van der Waals surface area contributed by atoms with Gasteiger partial charge in [0.1, 0.15) is 0 Å². The average molecular weight is 222 g/mol. The second-order valence-corrected chi connectivity index (χ2v) is 7.37. The smallest absolute Gasteiger partial charge is 0.0101 e. The summed E-state index contributed by atoms with van der Waals surface area (Å²) < 4.78 is 0. The molecule has 1 saturated heterocycles. The number of nitrogens with zero attached hydrogens (tertiary/aromatic N) is 1. The summed E-state index contributed by atoms with van der Waals surface area (Å²) in [7, 11) is 0. The third-order valence-corrected chi connectivity index (χ3v) is 4.40. The van der Waals surface area contributed by atoms with E-state index >= 15 is 0 Å². The maximum atomic E-state index is 2.78. The van der Waals surface area contributed by atoms with Crippen molar-refractivity contribution in [2.45, 2.75) is 65.8 Å². The Morgan fingerprint density at radius 3 is 2.56 bits per heavy atom. The van der Waals surface area contributed by atoms with Crippen LogP contribution in [-0.2, 0) is 0 Å². The van der Waals surface area contributed by atoms with Crippen LogP contribution in [0.15, 0.2) is 0 Å². The van der Waals surface area contributed by atoms with Crippen LogP contribution in [0.25, 0.3) is 0 Å². The monoisotopic (exact) mass is 222 g/mol. The highest BCUT2D eigenvalue weighted by molar-refractivity contribution is 4.96. The molecule has 1 heterocycles. The molecule has 0 bridgehead atoms. The Bertz CT molecular complexity index is 216. The number of hydrogen-bond acceptors (Lipinski definition) is 1. The molecule has 0 aromatic carbocycles. The molecule has 2 fully saturated rings. The maximum absolute atomic E-state index is 2.78. The molecule has 1 nitrogen and oxygen atoms in total. The molecule has 93 valence electrons. The van der Waals surface area contributed by atoms with Crippen LogP contribution in [0.1, 0.15) is 59.8 Å². The Kier molecular flexibility index (Phi) is 3.36. The van der Waals surface area contributed by atoms with Crippen molar-refractivity contribution in [2.75, 3.05) is 13.1 Å². The molecule has 0 amide bonds. The molecule has 0 aromatic rings. The summed E-state index contributed by atoms with van der Waals surface area (Å²) in [6.45, 7) is 12.3. The van der Waals surface area contributed by atoms with Gasteiger partial charge < -0.3 is 0 Å². The molecule has 2 rings (SSSR count). The summed E-state index contributed by atoms with van der Waals surface area (Å²) in [4.78, 5) is 2.78. The van der Waals surface area contributed by atoms with Gasteiger partial charge in [0.25, 0.3) is 0 Å². The number of piperidine rings is 1. The van der Waals surface area contributed by atoms with Crippen LogP contribution in [0.5, 0.6) is 0 Å². The lowest BCUT2D eigenvalue weighted by Gasteiger charge is -2.46. The number of rotatable bonds is 1. The first kappa shape index (κ1) is 12.4. The second-order valence-electron chi connectivity index (χ2n) is 7.37. The number of hydrogen-bond donors (Lipinski definition) is 0. The van der Waals surface area contributed by atoms with Crippen LogP contribution in [0, 0.1) is 17.3 Å². The van der Waals surface area contributed by atoms with Crippen molar-refractivity contribution in [3.05, 3.63) is 6.42 Å². The van der Waals surface area contributed by atoms with E-state index in [9.17, 15) is 0 Å². The predicted octanol–water partition coefficient (Wildman–Crippen LogP) is 3.89. The molecule has 1 heteroatoms. The van der Waals surface area contributed by atoms with Gasteiger partial charge in [-0.05, 0) is 55.9 Å². The van der Waals surface area contributed by atoms with Gasteiger partial charge in [0.15, 0.2) is 0 Å². The highest BCUT2D eigenvalue weighted by atomic mass is 15.2. The van der Waals surface area contributed by atoms with Gasteiger partial charge in [-0.1, -0.05) is 27.7 Å². The molecule has 16 heavy (non-hydrogen) atoms. The third-order valence-electron chi connectivity index (χ3n) is 4.40. The summed E-state index contributed by atoms with van der Waals surface area (Å²) in [6, 6.07) is 0.847. The van der Waals surface area contributed by atoms with Crippen LogP contribution in [0.3, 0.4) is 0 Å². The molecule has 1 radical (unpaired) electrons. The van der Waals surface area contributed by atoms with Gasteiger partial charge in [0.2, 0.25) is 0 Å². The van der Waals surface area contributed by atoms with Crippen LogP contribution < -0.4 is 0 Å². The largest absolute Gasteiger partial charge is 0.300 e. The molecular weight excluding hydrogens is 194 g/mol. The lowest BCUT2D eigenvalue weighted by molar-refractivity contribution is 0.0469. The highest BCUT2D eigenvalue weighted by Gasteiger charge is 2.35. The molecule has 1 saturated carbocycles. The summed E-state index contributed by atoms with van der Waals surface area (Å²) in [5.74, 6) is 0. The van der Waals surface area contributed by atoms with E-state index in [1.165, 1.54) is 45.2 Å². The number of likely N-dealkylation sites (tertiary alicyclic amines) is 1. The standard InChI is InChI=1S/C15H28N/c1-14(2)8-5-7-13(11-14)16-10-6-9-15(3,4)12-16/h8,13H,5-7,9-12H2,1-4H3. The first-order chi connectivity index (χ1) is 7.38. The van der Waals surface area contributed by atoms with Crippen molar-refractivity contribution in [2.24, 2.45) is 10.8 Å². The normalized spacial score (nSPS) is 34.9. The summed E-state index contributed by atoms with van der Waals surface area (Å²) in [5.41, 5.74) is 1.01. The van der Waals surface area contributed by atoms with Gasteiger partial charge in [0.05, 0.1) is 0 Å². The van der Waals surface area contributed by atoms with Crippen molar-refractivity contribution in [3.63, 3.8) is 0 Å². The van der Waals surface area contributed by atoms with Crippen LogP contribution in [0.4, 0.5) is 0 Å². The minimum absolute atomic E-state index is 0.463. The fourth-order valence-electron chi connectivity index (χ4n) is 3.55. The third kappa shape index (κ3) is 3.00. The Labute approximate surface area is 102 Å². The Morgan fingerprint density at radius 1 is 1.19 bits per heavy atom. The van der Waals surface area contributed by atoms with E-state index in [-0.39, 0.29) is 0 Å². The van der Waals surface area contributed by atoms with E-state index in [2.05, 4.69) is 39.0 Å². The van der Waals surface area contributed by atoms with Crippen LogP contribution >= 0.6 is 0 Å². The van der Waals surface area contributed by atoms with Gasteiger partial charge in [-0.15, -0.1) is 0 Å². The summed E-state index contributed by atoms with van der Waals surface area (Å²) >= 11 is 0. The predicted molar refractivity (Wildman–Crippen MR) is 70.3 cm³/mol. The molecule has 1 aliphatic carbocycles. The highest BCUT2D eigenvalue weighted by Crippen LogP contribution is 2.39. The van der Waals surface area contributed by atoms with Gasteiger partial charge in [0, 0.05) is 12.6 Å². The van der Waals surface area contributed by atoms with E-state index in [1.807, 2.05) is 0 Å². The van der Waals surface area contributed by atoms with Crippen LogP contribution in [0.2, 0.25) is 0 Å². The first-order valence-electron chi connectivity index (χ1n) is 6.96. The first-order valence-corrected chi connectivity index (χ1v) is 6.96. The van der Waals surface area contributed by atoms with Crippen molar-refractivity contribution in [1.82, 2.24) is 4.90 Å². The van der Waals surface area contributed by atoms with Crippen molar-refractivity contribution in [1.29, 1.82) is 0 Å². The van der Waals surface area contributed by atoms with Gasteiger partial charge >= 0.3 is 0 Å². The van der Waals surface area contributed by atoms with Gasteiger partial charge in [-0.3, -0.25) is 4.90 Å². The molecule has 2 aliphatic rings. The lowest BCUT2D eigenvalue weighted by Crippen LogP contribution is -2.48. The van der Waals surface area contributed by atoms with Crippen molar-refractivity contribution >= 4 is 0 Å². The summed E-state index contributed by atoms with van der Waals surface area (Å²) in [6.07, 6.45) is 9.40. The molecule has 0 N–H and O–H groups in total. The van der Waals surface area contributed by atoms with E-state index in [0.29, 0.717) is 10.8 Å². The van der Waals surface area contributed by atoms with Crippen LogP contribution in [-0.4, -0.2) is 24.0 Å². The topological polar surface area (TPSA) is 3.24 Å². The zero-order valence-electron chi connectivity index (χ0n) is 11.6. The lowest BCUT2D eigenvalue weighted by atomic mass is 9.73.